The van der Waals surface area contributed by atoms with Crippen LogP contribution in [0.2, 0.25) is 0 Å². The number of hydrogen-bond donors (Lipinski definition) is 1. The minimum atomic E-state index is -0.103. The SMILES string of the molecule is COc1ccc(C(=C/C=C/C(=O)N[C@H](C)CCCc2cccnc2)c2ccc(OC)cc2)cc1.O. The Morgan fingerprint density at radius 3 is 2.09 bits per heavy atom. The smallest absolute Gasteiger partial charge is 0.244 e. The van der Waals surface area contributed by atoms with Gasteiger partial charge in [-0.2, -0.15) is 0 Å². The van der Waals surface area contributed by atoms with Crippen LogP contribution in [0.25, 0.3) is 5.57 Å². The van der Waals surface area contributed by atoms with Gasteiger partial charge in [-0.3, -0.25) is 9.78 Å². The molecular formula is C29H34N2O4. The Morgan fingerprint density at radius 1 is 0.971 bits per heavy atom. The van der Waals surface area contributed by atoms with Crippen molar-refractivity contribution in [2.24, 2.45) is 0 Å². The fourth-order valence-electron chi connectivity index (χ4n) is 3.65. The van der Waals surface area contributed by atoms with Crippen LogP contribution in [0.3, 0.4) is 0 Å². The number of methoxy groups -OCH3 is 2. The average molecular weight is 475 g/mol. The van der Waals surface area contributed by atoms with Gasteiger partial charge >= 0.3 is 0 Å². The van der Waals surface area contributed by atoms with Crippen LogP contribution in [0.5, 0.6) is 11.5 Å². The van der Waals surface area contributed by atoms with Crippen LogP contribution in [0.1, 0.15) is 36.5 Å². The molecule has 2 aromatic carbocycles. The fraction of sp³-hybridized carbons (Fsp3) is 0.241. The Labute approximate surface area is 207 Å². The summed E-state index contributed by atoms with van der Waals surface area (Å²) in [4.78, 5) is 16.6. The second kappa shape index (κ2) is 14.4. The zero-order chi connectivity index (χ0) is 24.2. The van der Waals surface area contributed by atoms with Gasteiger partial charge in [-0.25, -0.2) is 0 Å². The minimum absolute atomic E-state index is 0. The van der Waals surface area contributed by atoms with E-state index in [1.165, 1.54) is 5.56 Å². The van der Waals surface area contributed by atoms with E-state index in [4.69, 9.17) is 9.47 Å². The highest BCUT2D eigenvalue weighted by Crippen LogP contribution is 2.27. The molecule has 0 saturated carbocycles. The van der Waals surface area contributed by atoms with Gasteiger partial charge < -0.3 is 20.3 Å². The number of allylic oxidation sites excluding steroid dienone is 2. The van der Waals surface area contributed by atoms with Crippen molar-refractivity contribution in [2.75, 3.05) is 14.2 Å². The first-order valence-corrected chi connectivity index (χ1v) is 11.5. The predicted octanol–water partition coefficient (Wildman–Crippen LogP) is 4.79. The summed E-state index contributed by atoms with van der Waals surface area (Å²) in [6.07, 6.45) is 11.9. The molecule has 3 aromatic rings. The van der Waals surface area contributed by atoms with Crippen molar-refractivity contribution >= 4 is 11.5 Å². The highest BCUT2D eigenvalue weighted by Gasteiger charge is 2.07. The van der Waals surface area contributed by atoms with Crippen molar-refractivity contribution < 1.29 is 19.7 Å². The van der Waals surface area contributed by atoms with Crippen LogP contribution in [-0.4, -0.2) is 36.6 Å². The molecule has 184 valence electrons. The standard InChI is InChI=1S/C29H32N2O3.H2O/c1-22(7-4-8-23-9-6-20-30-21-23)31-29(32)11-5-10-28(24-12-16-26(33-2)17-13-24)25-14-18-27(34-3)19-15-25;/h5-6,9-22H,4,7-8H2,1-3H3,(H,31,32);1H2/b11-5+;/t22-;/m1./s1. The summed E-state index contributed by atoms with van der Waals surface area (Å²) in [5.74, 6) is 1.49. The number of nitrogens with one attached hydrogen (secondary N) is 1. The molecule has 0 unspecified atom stereocenters. The number of rotatable bonds is 11. The van der Waals surface area contributed by atoms with Gasteiger partial charge in [-0.15, -0.1) is 0 Å². The fourth-order valence-corrected chi connectivity index (χ4v) is 3.65. The van der Waals surface area contributed by atoms with E-state index in [2.05, 4.69) is 16.4 Å². The Kier molecular flexibility index (Phi) is 11.2. The van der Waals surface area contributed by atoms with Gasteiger partial charge in [0.1, 0.15) is 11.5 Å². The molecule has 0 aliphatic carbocycles. The topological polar surface area (TPSA) is 92.0 Å². The van der Waals surface area contributed by atoms with E-state index >= 15 is 0 Å². The molecule has 0 bridgehead atoms. The molecule has 0 radical (unpaired) electrons. The van der Waals surface area contributed by atoms with Crippen molar-refractivity contribution in [1.82, 2.24) is 10.3 Å². The third kappa shape index (κ3) is 8.76. The van der Waals surface area contributed by atoms with E-state index < -0.39 is 0 Å². The summed E-state index contributed by atoms with van der Waals surface area (Å²) in [7, 11) is 3.30. The van der Waals surface area contributed by atoms with Crippen LogP contribution in [0.15, 0.2) is 91.3 Å². The van der Waals surface area contributed by atoms with Gasteiger partial charge in [0, 0.05) is 24.5 Å². The largest absolute Gasteiger partial charge is 0.497 e. The van der Waals surface area contributed by atoms with Gasteiger partial charge in [0.25, 0.3) is 0 Å². The Bertz CT molecular complexity index is 1040. The molecule has 0 fully saturated rings. The van der Waals surface area contributed by atoms with Crippen molar-refractivity contribution in [2.45, 2.75) is 32.2 Å². The van der Waals surface area contributed by atoms with Gasteiger partial charge in [0.15, 0.2) is 0 Å². The lowest BCUT2D eigenvalue weighted by molar-refractivity contribution is -0.117. The van der Waals surface area contributed by atoms with Crippen LogP contribution in [-0.2, 0) is 11.2 Å². The number of nitrogens with zero attached hydrogens (tertiary/aromatic N) is 1. The zero-order valence-corrected chi connectivity index (χ0v) is 20.5. The van der Waals surface area contributed by atoms with Crippen LogP contribution in [0, 0.1) is 0 Å². The number of carbonyl (C=O) groups is 1. The van der Waals surface area contributed by atoms with Crippen molar-refractivity contribution in [3.8, 4) is 11.5 Å². The van der Waals surface area contributed by atoms with Gasteiger partial charge in [0.2, 0.25) is 5.91 Å². The molecule has 1 amide bonds. The highest BCUT2D eigenvalue weighted by molar-refractivity contribution is 5.89. The van der Waals surface area contributed by atoms with Crippen molar-refractivity contribution in [3.05, 3.63) is 108 Å². The summed E-state index contributed by atoms with van der Waals surface area (Å²) in [5.41, 5.74) is 4.27. The van der Waals surface area contributed by atoms with Crippen LogP contribution < -0.4 is 14.8 Å². The minimum Gasteiger partial charge on any atom is -0.497 e. The second-order valence-electron chi connectivity index (χ2n) is 8.06. The summed E-state index contributed by atoms with van der Waals surface area (Å²) >= 11 is 0. The predicted molar refractivity (Wildman–Crippen MR) is 141 cm³/mol. The summed E-state index contributed by atoms with van der Waals surface area (Å²) in [5, 5.41) is 3.05. The monoisotopic (exact) mass is 474 g/mol. The lowest BCUT2D eigenvalue weighted by Crippen LogP contribution is -2.31. The molecular weight excluding hydrogens is 440 g/mol. The number of hydrogen-bond acceptors (Lipinski definition) is 4. The molecule has 35 heavy (non-hydrogen) atoms. The van der Waals surface area contributed by atoms with Crippen molar-refractivity contribution in [3.63, 3.8) is 0 Å². The first-order valence-electron chi connectivity index (χ1n) is 11.5. The molecule has 3 N–H and O–H groups in total. The quantitative estimate of drug-likeness (QED) is 0.319. The summed E-state index contributed by atoms with van der Waals surface area (Å²) in [6.45, 7) is 2.03. The number of aryl methyl sites for hydroxylation is 1. The summed E-state index contributed by atoms with van der Waals surface area (Å²) in [6, 6.07) is 19.9. The molecule has 0 spiro atoms. The molecule has 0 saturated heterocycles. The molecule has 6 heteroatoms. The van der Waals surface area contributed by atoms with E-state index in [1.807, 2.05) is 73.8 Å². The third-order valence-corrected chi connectivity index (χ3v) is 5.53. The molecule has 1 heterocycles. The highest BCUT2D eigenvalue weighted by atomic mass is 16.5. The molecule has 0 aliphatic heterocycles. The Morgan fingerprint density at radius 2 is 1.57 bits per heavy atom. The van der Waals surface area contributed by atoms with E-state index in [-0.39, 0.29) is 17.4 Å². The maximum atomic E-state index is 12.4. The second-order valence-corrected chi connectivity index (χ2v) is 8.06. The number of ether oxygens (including phenoxy) is 2. The summed E-state index contributed by atoms with van der Waals surface area (Å²) < 4.78 is 10.6. The first kappa shape index (κ1) is 27.3. The normalized spacial score (nSPS) is 11.3. The number of carbonyl (C=O) groups excluding carboxylic acids is 1. The molecule has 3 rings (SSSR count). The number of benzene rings is 2. The number of amides is 1. The van der Waals surface area contributed by atoms with Gasteiger partial charge in [-0.05, 0) is 78.8 Å². The van der Waals surface area contributed by atoms with Crippen molar-refractivity contribution in [1.29, 1.82) is 0 Å². The zero-order valence-electron chi connectivity index (χ0n) is 20.5. The number of aromatic nitrogens is 1. The van der Waals surface area contributed by atoms with Gasteiger partial charge in [-0.1, -0.05) is 42.5 Å². The molecule has 0 aliphatic rings. The maximum absolute atomic E-state index is 12.4. The number of pyridine rings is 1. The van der Waals surface area contributed by atoms with E-state index in [0.29, 0.717) is 0 Å². The molecule has 1 atom stereocenters. The molecule has 1 aromatic heterocycles. The lowest BCUT2D eigenvalue weighted by Gasteiger charge is -2.12. The van der Waals surface area contributed by atoms with E-state index in [0.717, 1.165) is 47.5 Å². The lowest BCUT2D eigenvalue weighted by atomic mass is 9.97. The van der Waals surface area contributed by atoms with E-state index in [9.17, 15) is 4.79 Å². The van der Waals surface area contributed by atoms with Crippen LogP contribution >= 0.6 is 0 Å². The Hall–Kier alpha value is -3.90. The first-order chi connectivity index (χ1) is 16.6. The van der Waals surface area contributed by atoms with Crippen LogP contribution in [0.4, 0.5) is 0 Å². The Balaban J connectivity index is 0.00000432. The third-order valence-electron chi connectivity index (χ3n) is 5.53. The van der Waals surface area contributed by atoms with E-state index in [1.54, 1.807) is 32.6 Å². The van der Waals surface area contributed by atoms with Gasteiger partial charge in [0.05, 0.1) is 14.2 Å². The maximum Gasteiger partial charge on any atom is 0.244 e. The molecule has 6 nitrogen and oxygen atoms in total. The average Bonchev–Trinajstić information content (AvgIpc) is 2.87.